The molecule has 0 radical (unpaired) electrons. The minimum Gasteiger partial charge on any atom is -0.401 e. The van der Waals surface area contributed by atoms with E-state index >= 15 is 0 Å². The van der Waals surface area contributed by atoms with Crippen molar-refractivity contribution in [1.82, 2.24) is 39.7 Å². The van der Waals surface area contributed by atoms with Gasteiger partial charge < -0.3 is 31.7 Å². The zero-order valence-electron chi connectivity index (χ0n) is 42.7. The Morgan fingerprint density at radius 2 is 1.68 bits per heavy atom. The fourth-order valence-corrected chi connectivity index (χ4v) is 13.6. The number of amides is 2. The summed E-state index contributed by atoms with van der Waals surface area (Å²) >= 11 is 5.23. The zero-order chi connectivity index (χ0) is 51.3. The number of nitrogens with one attached hydrogen (secondary N) is 1. The second-order valence-corrected chi connectivity index (χ2v) is 24.0. The minimum absolute atomic E-state index is 0.168. The molecule has 5 aliphatic rings. The number of fused-ring (bicyclic) bond motifs is 7. The van der Waals surface area contributed by atoms with E-state index in [9.17, 15) is 14.4 Å². The molecule has 2 saturated carbocycles. The number of carbonyl (C=O) groups excluding carboxylic acids is 2. The van der Waals surface area contributed by atoms with E-state index < -0.39 is 23.5 Å². The molecule has 386 valence electrons. The maximum atomic E-state index is 14.5. The largest absolute Gasteiger partial charge is 0.401 e. The van der Waals surface area contributed by atoms with Crippen molar-refractivity contribution in [1.29, 1.82) is 0 Å². The number of hydrazine groups is 2. The number of piperidine rings is 1. The maximum absolute atomic E-state index is 14.5. The van der Waals surface area contributed by atoms with Gasteiger partial charge in [-0.15, -0.1) is 11.3 Å². The Bertz CT molecular complexity index is 3000. The first-order valence-corrected chi connectivity index (χ1v) is 27.9. The highest BCUT2D eigenvalue weighted by Crippen LogP contribution is 2.52. The first kappa shape index (κ1) is 50.9. The predicted molar refractivity (Wildman–Crippen MR) is 293 cm³/mol. The van der Waals surface area contributed by atoms with Crippen LogP contribution in [0.15, 0.2) is 99.2 Å². The molecule has 3 aromatic carbocycles. The van der Waals surface area contributed by atoms with Crippen molar-refractivity contribution in [2.75, 3.05) is 32.7 Å². The molecule has 17 heteroatoms. The third-order valence-electron chi connectivity index (χ3n) is 16.1. The van der Waals surface area contributed by atoms with E-state index in [1.54, 1.807) is 33.6 Å². The normalized spacial score (nSPS) is 20.3. The quantitative estimate of drug-likeness (QED) is 0.0530. The summed E-state index contributed by atoms with van der Waals surface area (Å²) in [5.74, 6) is 14.5. The van der Waals surface area contributed by atoms with Gasteiger partial charge in [-0.3, -0.25) is 23.9 Å². The van der Waals surface area contributed by atoms with Gasteiger partial charge in [0.1, 0.15) is 17.9 Å². The molecule has 2 saturated heterocycles. The number of rotatable bonds is 14. The molecule has 10 rings (SSSR count). The molecule has 3 aliphatic heterocycles. The molecule has 1 spiro atoms. The van der Waals surface area contributed by atoms with Crippen LogP contribution in [0.2, 0.25) is 0 Å². The monoisotopic (exact) mass is 1070 g/mol. The van der Waals surface area contributed by atoms with Gasteiger partial charge in [-0.1, -0.05) is 82.5 Å². The van der Waals surface area contributed by atoms with E-state index in [1.165, 1.54) is 22.6 Å². The van der Waals surface area contributed by atoms with Gasteiger partial charge >= 0.3 is 0 Å². The summed E-state index contributed by atoms with van der Waals surface area (Å²) in [5.41, 5.74) is 22.9. The van der Waals surface area contributed by atoms with Crippen LogP contribution < -0.4 is 34.0 Å². The Hall–Kier alpha value is -5.59. The standard InChI is InChI=1S/C56H71BrN12O3S/c1-34-49(73-33-62-34)38-17-15-37(16-18-38)44(63-51(70)47-12-9-25-67(47)53(72)50(55(2,3)4)68(61)31-43(59)36-13-14-36)32-66(60)30-40(58)29-65-26-21-35(22-27-65)39-19-20-45-41(28-39)56(23-6-5-7-24-56)54-64-52(71)48-42(57)10-8-11-46(48)69(45)54/h8,10-11,15-20,28,30-31,33,35-36,44,47,50H,5-7,9,12-14,21-27,29,32,58-61H2,1-4H3,(H,63,70)/b40-30-,43-31-. The number of hydrogen-bond acceptors (Lipinski definition) is 13. The molecule has 5 heterocycles. The molecule has 2 amide bonds. The van der Waals surface area contributed by atoms with Crippen molar-refractivity contribution in [3.63, 3.8) is 0 Å². The van der Waals surface area contributed by atoms with Crippen LogP contribution in [0.4, 0.5) is 0 Å². The minimum atomic E-state index is -0.724. The Balaban J connectivity index is 0.823. The number of carbonyl (C=O) groups is 2. The molecule has 4 fully saturated rings. The van der Waals surface area contributed by atoms with Gasteiger partial charge in [0.05, 0.1) is 50.7 Å². The molecule has 2 aromatic heterocycles. The van der Waals surface area contributed by atoms with Gasteiger partial charge in [-0.25, -0.2) is 16.7 Å². The zero-order valence-corrected chi connectivity index (χ0v) is 45.1. The number of allylic oxidation sites excluding steroid dienone is 1. The number of nitrogens with zero attached hydrogens (tertiary/aromatic N) is 7. The first-order valence-electron chi connectivity index (χ1n) is 26.2. The number of thiazole rings is 1. The topological polar surface area (TPSA) is 211 Å². The fraction of sp³-hybridized carbons (Fsp3) is 0.482. The van der Waals surface area contributed by atoms with Crippen LogP contribution in [0.1, 0.15) is 132 Å². The van der Waals surface area contributed by atoms with Crippen LogP contribution in [0, 0.1) is 18.3 Å². The lowest BCUT2D eigenvalue weighted by Crippen LogP contribution is -2.58. The second kappa shape index (κ2) is 20.6. The number of nitrogens with two attached hydrogens (primary N) is 4. The van der Waals surface area contributed by atoms with E-state index in [1.807, 2.05) is 63.5 Å². The van der Waals surface area contributed by atoms with Crippen molar-refractivity contribution < 1.29 is 9.59 Å². The van der Waals surface area contributed by atoms with Crippen LogP contribution in [0.5, 0.6) is 0 Å². The maximum Gasteiger partial charge on any atom is 0.281 e. The summed E-state index contributed by atoms with van der Waals surface area (Å²) in [7, 11) is 0. The van der Waals surface area contributed by atoms with Crippen molar-refractivity contribution in [2.24, 2.45) is 34.5 Å². The summed E-state index contributed by atoms with van der Waals surface area (Å²) in [6.07, 6.45) is 14.1. The molecular weight excluding hydrogens is 1000 g/mol. The third-order valence-corrected chi connectivity index (χ3v) is 17.8. The second-order valence-electron chi connectivity index (χ2n) is 22.3. The Morgan fingerprint density at radius 3 is 2.37 bits per heavy atom. The summed E-state index contributed by atoms with van der Waals surface area (Å²) < 4.78 is 3.03. The smallest absolute Gasteiger partial charge is 0.281 e. The van der Waals surface area contributed by atoms with Gasteiger partial charge in [0.2, 0.25) is 11.8 Å². The van der Waals surface area contributed by atoms with Crippen LogP contribution in [-0.2, 0) is 15.0 Å². The number of benzene rings is 3. The summed E-state index contributed by atoms with van der Waals surface area (Å²) in [6.45, 7) is 10.9. The number of aromatic nitrogens is 3. The van der Waals surface area contributed by atoms with Crippen molar-refractivity contribution >= 4 is 50.0 Å². The molecule has 2 aliphatic carbocycles. The average Bonchev–Trinajstić information content (AvgIpc) is 3.85. The highest BCUT2D eigenvalue weighted by molar-refractivity contribution is 9.10. The predicted octanol–water partition coefficient (Wildman–Crippen LogP) is 7.95. The summed E-state index contributed by atoms with van der Waals surface area (Å²) in [6, 6.07) is 19.2. The highest BCUT2D eigenvalue weighted by Gasteiger charge is 2.47. The van der Waals surface area contributed by atoms with Crippen LogP contribution >= 0.6 is 27.3 Å². The van der Waals surface area contributed by atoms with Gasteiger partial charge in [0.25, 0.3) is 5.56 Å². The lowest BCUT2D eigenvalue weighted by atomic mass is 9.69. The Morgan fingerprint density at radius 1 is 0.945 bits per heavy atom. The lowest BCUT2D eigenvalue weighted by Gasteiger charge is -2.39. The number of aryl methyl sites for hydroxylation is 1. The number of hydrogen-bond donors (Lipinski definition) is 5. The van der Waals surface area contributed by atoms with Gasteiger partial charge in [0, 0.05) is 47.3 Å². The summed E-state index contributed by atoms with van der Waals surface area (Å²) in [4.78, 5) is 57.0. The van der Waals surface area contributed by atoms with E-state index in [4.69, 9.17) is 28.1 Å². The third kappa shape index (κ3) is 10.2. The molecule has 0 bridgehead atoms. The Labute approximate surface area is 441 Å². The van der Waals surface area contributed by atoms with Gasteiger partial charge in [-0.2, -0.15) is 4.98 Å². The van der Waals surface area contributed by atoms with E-state index in [-0.39, 0.29) is 29.3 Å². The van der Waals surface area contributed by atoms with E-state index in [0.717, 1.165) is 108 Å². The molecule has 3 unspecified atom stereocenters. The molecule has 5 aromatic rings. The molecule has 15 nitrogen and oxygen atoms in total. The highest BCUT2D eigenvalue weighted by atomic mass is 79.9. The van der Waals surface area contributed by atoms with Crippen molar-refractivity contribution in [3.8, 4) is 16.1 Å². The fourth-order valence-electron chi connectivity index (χ4n) is 12.3. The summed E-state index contributed by atoms with van der Waals surface area (Å²) in [5, 5.41) is 6.95. The van der Waals surface area contributed by atoms with E-state index in [0.29, 0.717) is 54.5 Å². The van der Waals surface area contributed by atoms with Gasteiger partial charge in [-0.05, 0) is 139 Å². The van der Waals surface area contributed by atoms with Crippen molar-refractivity contribution in [3.05, 3.63) is 133 Å². The van der Waals surface area contributed by atoms with E-state index in [2.05, 4.69) is 66.0 Å². The SMILES string of the molecule is Cc1ncsc1-c1ccc(C(CN(N)/C=C(\N)CN2CCC(c3ccc4c(c3)C3(CCCCC3)c3nc(=O)c5c(Br)cccc5n3-4)CC2)NC(=O)C2CCCN2C(=O)C(N(N)/C=C(\N)C2CC2)C(C)(C)C)cc1. The van der Waals surface area contributed by atoms with Crippen LogP contribution in [0.3, 0.4) is 0 Å². The van der Waals surface area contributed by atoms with Crippen molar-refractivity contribution in [2.45, 2.75) is 128 Å². The van der Waals surface area contributed by atoms with Gasteiger partial charge in [0.15, 0.2) is 0 Å². The van der Waals surface area contributed by atoms with Crippen LogP contribution in [-0.4, -0.2) is 91.0 Å². The Kier molecular flexibility index (Phi) is 14.4. The molecule has 9 N–H and O–H groups in total. The number of likely N-dealkylation sites (tertiary alicyclic amines) is 2. The average molecular weight is 1070 g/mol. The molecule has 73 heavy (non-hydrogen) atoms. The van der Waals surface area contributed by atoms with Crippen LogP contribution in [0.25, 0.3) is 27.0 Å². The molecular formula is C56H71BrN12O3S. The number of halogens is 1. The molecule has 3 atom stereocenters. The first-order chi connectivity index (χ1) is 35.0. The lowest BCUT2D eigenvalue weighted by molar-refractivity contribution is -0.145.